The summed E-state index contributed by atoms with van der Waals surface area (Å²) in [6, 6.07) is 7.37. The summed E-state index contributed by atoms with van der Waals surface area (Å²) in [5, 5.41) is 3.07. The second-order valence-corrected chi connectivity index (χ2v) is 4.52. The highest BCUT2D eigenvalue weighted by molar-refractivity contribution is 5.42. The topological polar surface area (TPSA) is 21.3 Å². The lowest BCUT2D eigenvalue weighted by Gasteiger charge is -2.22. The predicted molar refractivity (Wildman–Crippen MR) is 74.8 cm³/mol. The summed E-state index contributed by atoms with van der Waals surface area (Å²) in [6.07, 6.45) is 0. The first kappa shape index (κ1) is 15.4. The monoisotopic (exact) mass is 295 g/mol. The van der Waals surface area contributed by atoms with Crippen molar-refractivity contribution >= 4 is 0 Å². The molecule has 0 heterocycles. The third-order valence-electron chi connectivity index (χ3n) is 3.21. The molecule has 5 heteroatoms. The number of rotatable bonds is 5. The van der Waals surface area contributed by atoms with Crippen LogP contribution in [0.5, 0.6) is 5.75 Å². The van der Waals surface area contributed by atoms with E-state index in [1.54, 1.807) is 6.07 Å². The van der Waals surface area contributed by atoms with E-state index in [2.05, 4.69) is 5.32 Å². The van der Waals surface area contributed by atoms with E-state index in [1.165, 1.54) is 25.3 Å². The summed E-state index contributed by atoms with van der Waals surface area (Å²) in [7, 11) is 1.44. The molecule has 2 aromatic carbocycles. The van der Waals surface area contributed by atoms with Crippen molar-refractivity contribution in [3.63, 3.8) is 0 Å². The molecule has 0 bridgehead atoms. The SMILES string of the molecule is CCNC(c1ccc(F)c(F)c1)c1c(F)cccc1OC. The van der Waals surface area contributed by atoms with E-state index in [-0.39, 0.29) is 5.56 Å². The van der Waals surface area contributed by atoms with Crippen molar-refractivity contribution in [2.24, 2.45) is 0 Å². The van der Waals surface area contributed by atoms with Gasteiger partial charge in [-0.1, -0.05) is 19.1 Å². The first-order chi connectivity index (χ1) is 10.1. The van der Waals surface area contributed by atoms with E-state index in [4.69, 9.17) is 4.74 Å². The Labute approximate surface area is 121 Å². The molecule has 0 aromatic heterocycles. The zero-order valence-corrected chi connectivity index (χ0v) is 11.8. The summed E-state index contributed by atoms with van der Waals surface area (Å²) >= 11 is 0. The molecule has 2 nitrogen and oxygen atoms in total. The Morgan fingerprint density at radius 2 is 1.81 bits per heavy atom. The molecule has 0 fully saturated rings. The van der Waals surface area contributed by atoms with Crippen LogP contribution in [-0.4, -0.2) is 13.7 Å². The fourth-order valence-corrected chi connectivity index (χ4v) is 2.26. The van der Waals surface area contributed by atoms with Gasteiger partial charge in [0.1, 0.15) is 11.6 Å². The number of ether oxygens (including phenoxy) is 1. The lowest BCUT2D eigenvalue weighted by Crippen LogP contribution is -2.24. The van der Waals surface area contributed by atoms with Crippen LogP contribution in [0.4, 0.5) is 13.2 Å². The molecule has 1 unspecified atom stereocenters. The van der Waals surface area contributed by atoms with Crippen molar-refractivity contribution in [2.45, 2.75) is 13.0 Å². The molecule has 112 valence electrons. The molecule has 2 aromatic rings. The first-order valence-corrected chi connectivity index (χ1v) is 6.59. The van der Waals surface area contributed by atoms with Gasteiger partial charge >= 0.3 is 0 Å². The van der Waals surface area contributed by atoms with Crippen molar-refractivity contribution in [1.82, 2.24) is 5.32 Å². The zero-order valence-electron chi connectivity index (χ0n) is 11.8. The summed E-state index contributed by atoms with van der Waals surface area (Å²) in [6.45, 7) is 2.38. The van der Waals surface area contributed by atoms with Gasteiger partial charge in [-0.05, 0) is 36.4 Å². The van der Waals surface area contributed by atoms with Gasteiger partial charge in [-0.25, -0.2) is 13.2 Å². The van der Waals surface area contributed by atoms with E-state index in [1.807, 2.05) is 6.92 Å². The van der Waals surface area contributed by atoms with Crippen LogP contribution in [0.15, 0.2) is 36.4 Å². The van der Waals surface area contributed by atoms with E-state index >= 15 is 0 Å². The highest BCUT2D eigenvalue weighted by atomic mass is 19.2. The summed E-state index contributed by atoms with van der Waals surface area (Å²) in [5.74, 6) is -2.02. The van der Waals surface area contributed by atoms with Gasteiger partial charge in [-0.3, -0.25) is 0 Å². The molecule has 0 saturated carbocycles. The van der Waals surface area contributed by atoms with Crippen molar-refractivity contribution in [2.75, 3.05) is 13.7 Å². The Balaban J connectivity index is 2.55. The Kier molecular flexibility index (Phi) is 4.85. The van der Waals surface area contributed by atoms with E-state index < -0.39 is 23.5 Å². The number of benzene rings is 2. The van der Waals surface area contributed by atoms with Crippen LogP contribution in [0.1, 0.15) is 24.1 Å². The maximum absolute atomic E-state index is 14.2. The van der Waals surface area contributed by atoms with Gasteiger partial charge in [0.05, 0.1) is 18.7 Å². The highest BCUT2D eigenvalue weighted by Gasteiger charge is 2.22. The molecule has 0 spiro atoms. The molecule has 0 aliphatic rings. The van der Waals surface area contributed by atoms with Crippen LogP contribution < -0.4 is 10.1 Å². The molecule has 0 amide bonds. The summed E-state index contributed by atoms with van der Waals surface area (Å²) in [4.78, 5) is 0. The maximum atomic E-state index is 14.2. The number of nitrogens with one attached hydrogen (secondary N) is 1. The summed E-state index contributed by atoms with van der Waals surface area (Å²) < 4.78 is 45.9. The van der Waals surface area contributed by atoms with E-state index in [0.29, 0.717) is 17.9 Å². The van der Waals surface area contributed by atoms with Crippen LogP contribution in [0.25, 0.3) is 0 Å². The number of hydrogen-bond acceptors (Lipinski definition) is 2. The Morgan fingerprint density at radius 1 is 1.05 bits per heavy atom. The van der Waals surface area contributed by atoms with Gasteiger partial charge in [-0.2, -0.15) is 0 Å². The van der Waals surface area contributed by atoms with Gasteiger partial charge in [0, 0.05) is 0 Å². The fourth-order valence-electron chi connectivity index (χ4n) is 2.26. The van der Waals surface area contributed by atoms with Gasteiger partial charge in [0.15, 0.2) is 11.6 Å². The molecule has 1 N–H and O–H groups in total. The van der Waals surface area contributed by atoms with Crippen molar-refractivity contribution in [3.8, 4) is 5.75 Å². The maximum Gasteiger partial charge on any atom is 0.159 e. The van der Waals surface area contributed by atoms with Crippen molar-refractivity contribution in [1.29, 1.82) is 0 Å². The fraction of sp³-hybridized carbons (Fsp3) is 0.250. The minimum Gasteiger partial charge on any atom is -0.496 e. The van der Waals surface area contributed by atoms with Crippen LogP contribution >= 0.6 is 0 Å². The molecule has 0 radical (unpaired) electrons. The van der Waals surface area contributed by atoms with E-state index in [0.717, 1.165) is 12.1 Å². The van der Waals surface area contributed by atoms with Crippen molar-refractivity contribution in [3.05, 3.63) is 65.0 Å². The minimum absolute atomic E-state index is 0.271. The molecule has 21 heavy (non-hydrogen) atoms. The Hall–Kier alpha value is -2.01. The largest absolute Gasteiger partial charge is 0.496 e. The standard InChI is InChI=1S/C16H16F3NO/c1-3-20-16(10-7-8-11(17)13(19)9-10)15-12(18)5-4-6-14(15)21-2/h4-9,16,20H,3H2,1-2H3. The third kappa shape index (κ3) is 3.19. The highest BCUT2D eigenvalue weighted by Crippen LogP contribution is 2.32. The van der Waals surface area contributed by atoms with Crippen LogP contribution in [-0.2, 0) is 0 Å². The van der Waals surface area contributed by atoms with Crippen LogP contribution in [0.2, 0.25) is 0 Å². The average Bonchev–Trinajstić information content (AvgIpc) is 2.48. The zero-order chi connectivity index (χ0) is 15.4. The van der Waals surface area contributed by atoms with Crippen molar-refractivity contribution < 1.29 is 17.9 Å². The Morgan fingerprint density at radius 3 is 2.43 bits per heavy atom. The lowest BCUT2D eigenvalue weighted by atomic mass is 9.97. The second kappa shape index (κ2) is 6.63. The average molecular weight is 295 g/mol. The van der Waals surface area contributed by atoms with Gasteiger partial charge in [0.2, 0.25) is 0 Å². The minimum atomic E-state index is -0.967. The van der Waals surface area contributed by atoms with Gasteiger partial charge in [-0.15, -0.1) is 0 Å². The predicted octanol–water partition coefficient (Wildman–Crippen LogP) is 3.81. The quantitative estimate of drug-likeness (QED) is 0.905. The molecule has 0 aliphatic carbocycles. The number of halogens is 3. The van der Waals surface area contributed by atoms with Crippen LogP contribution in [0, 0.1) is 17.5 Å². The van der Waals surface area contributed by atoms with Crippen LogP contribution in [0.3, 0.4) is 0 Å². The molecule has 1 atom stereocenters. The third-order valence-corrected chi connectivity index (χ3v) is 3.21. The molecule has 0 aliphatic heterocycles. The smallest absolute Gasteiger partial charge is 0.159 e. The number of hydrogen-bond donors (Lipinski definition) is 1. The van der Waals surface area contributed by atoms with Gasteiger partial charge in [0.25, 0.3) is 0 Å². The molecular weight excluding hydrogens is 279 g/mol. The molecular formula is C16H16F3NO. The van der Waals surface area contributed by atoms with E-state index in [9.17, 15) is 13.2 Å². The van der Waals surface area contributed by atoms with Gasteiger partial charge < -0.3 is 10.1 Å². The normalized spacial score (nSPS) is 12.2. The lowest BCUT2D eigenvalue weighted by molar-refractivity contribution is 0.397. The summed E-state index contributed by atoms with van der Waals surface area (Å²) in [5.41, 5.74) is 0.701. The first-order valence-electron chi connectivity index (χ1n) is 6.59. The second-order valence-electron chi connectivity index (χ2n) is 4.52. The number of methoxy groups -OCH3 is 1. The molecule has 2 rings (SSSR count). The Bertz CT molecular complexity index is 631. The molecule has 0 saturated heterocycles.